The van der Waals surface area contributed by atoms with Crippen molar-refractivity contribution in [3.63, 3.8) is 0 Å². The Morgan fingerprint density at radius 2 is 1.92 bits per heavy atom. The summed E-state index contributed by atoms with van der Waals surface area (Å²) in [4.78, 5) is 17.0. The Hall–Kier alpha value is -2.92. The van der Waals surface area contributed by atoms with Gasteiger partial charge in [-0.15, -0.1) is 0 Å². The molecule has 0 saturated carbocycles. The number of benzene rings is 3. The van der Waals surface area contributed by atoms with Crippen LogP contribution in [0.25, 0.3) is 21.0 Å². The number of aryl methyl sites for hydroxylation is 1. The van der Waals surface area contributed by atoms with Crippen LogP contribution in [0.1, 0.15) is 11.1 Å². The van der Waals surface area contributed by atoms with Crippen molar-refractivity contribution in [3.8, 4) is 5.75 Å². The normalized spacial score (nSPS) is 11.0. The van der Waals surface area contributed by atoms with Gasteiger partial charge in [0, 0.05) is 0 Å². The van der Waals surface area contributed by atoms with Gasteiger partial charge in [-0.3, -0.25) is 4.79 Å². The minimum atomic E-state index is -0.0732. The Morgan fingerprint density at radius 1 is 1.12 bits per heavy atom. The lowest BCUT2D eigenvalue weighted by Crippen LogP contribution is -2.14. The van der Waals surface area contributed by atoms with Crippen LogP contribution in [-0.4, -0.2) is 18.0 Å². The highest BCUT2D eigenvalue weighted by Gasteiger charge is 2.13. The summed E-state index contributed by atoms with van der Waals surface area (Å²) in [7, 11) is 1.63. The molecule has 1 aromatic heterocycles. The van der Waals surface area contributed by atoms with E-state index in [1.54, 1.807) is 7.11 Å². The molecule has 4 nitrogen and oxygen atoms in total. The number of aromatic nitrogens is 1. The van der Waals surface area contributed by atoms with E-state index in [0.29, 0.717) is 11.6 Å². The first-order chi connectivity index (χ1) is 12.6. The summed E-state index contributed by atoms with van der Waals surface area (Å²) in [6.45, 7) is 2.03. The van der Waals surface area contributed by atoms with Crippen LogP contribution in [0.3, 0.4) is 0 Å². The largest absolute Gasteiger partial charge is 0.494 e. The number of anilines is 1. The molecular weight excluding hydrogens is 344 g/mol. The molecular formula is C21H18N2O2S. The third-order valence-electron chi connectivity index (χ3n) is 4.35. The number of thiazole rings is 1. The summed E-state index contributed by atoms with van der Waals surface area (Å²) >= 11 is 1.47. The maximum absolute atomic E-state index is 12.5. The monoisotopic (exact) mass is 362 g/mol. The summed E-state index contributed by atoms with van der Waals surface area (Å²) in [5.41, 5.74) is 2.89. The molecule has 5 heteroatoms. The number of fused-ring (bicyclic) bond motifs is 2. The SMILES string of the molecule is COc1ccc(C)c2sc(NC(=O)Cc3ccc4ccccc4c3)nc12. The number of hydrogen-bond donors (Lipinski definition) is 1. The Morgan fingerprint density at radius 3 is 2.73 bits per heavy atom. The van der Waals surface area contributed by atoms with E-state index in [9.17, 15) is 4.79 Å². The highest BCUT2D eigenvalue weighted by Crippen LogP contribution is 2.34. The molecule has 0 radical (unpaired) electrons. The number of carbonyl (C=O) groups is 1. The van der Waals surface area contributed by atoms with Crippen LogP contribution in [0.5, 0.6) is 5.75 Å². The lowest BCUT2D eigenvalue weighted by molar-refractivity contribution is -0.115. The van der Waals surface area contributed by atoms with Crippen molar-refractivity contribution in [3.05, 3.63) is 65.7 Å². The Balaban J connectivity index is 1.55. The average molecular weight is 362 g/mol. The van der Waals surface area contributed by atoms with Gasteiger partial charge in [0.05, 0.1) is 18.2 Å². The van der Waals surface area contributed by atoms with E-state index < -0.39 is 0 Å². The van der Waals surface area contributed by atoms with Gasteiger partial charge in [-0.05, 0) is 34.9 Å². The molecule has 1 heterocycles. The smallest absolute Gasteiger partial charge is 0.230 e. The molecule has 0 spiro atoms. The molecule has 0 saturated heterocycles. The zero-order chi connectivity index (χ0) is 18.1. The van der Waals surface area contributed by atoms with Gasteiger partial charge >= 0.3 is 0 Å². The number of nitrogens with one attached hydrogen (secondary N) is 1. The molecule has 1 amide bonds. The Labute approximate surface area is 155 Å². The number of nitrogens with zero attached hydrogens (tertiary/aromatic N) is 1. The van der Waals surface area contributed by atoms with Crippen LogP contribution in [-0.2, 0) is 11.2 Å². The number of hydrogen-bond acceptors (Lipinski definition) is 4. The van der Waals surface area contributed by atoms with Crippen LogP contribution in [0, 0.1) is 6.92 Å². The number of carbonyl (C=O) groups excluding carboxylic acids is 1. The molecule has 0 aliphatic rings. The van der Waals surface area contributed by atoms with E-state index in [1.807, 2.05) is 43.3 Å². The fourth-order valence-electron chi connectivity index (χ4n) is 3.03. The first-order valence-electron chi connectivity index (χ1n) is 8.36. The second kappa shape index (κ2) is 6.77. The van der Waals surface area contributed by atoms with Crippen molar-refractivity contribution in [1.29, 1.82) is 0 Å². The molecule has 130 valence electrons. The lowest BCUT2D eigenvalue weighted by atomic mass is 10.1. The molecule has 4 aromatic rings. The zero-order valence-corrected chi connectivity index (χ0v) is 15.4. The Bertz CT molecular complexity index is 1120. The molecule has 0 atom stereocenters. The van der Waals surface area contributed by atoms with Crippen molar-refractivity contribution in [2.75, 3.05) is 12.4 Å². The molecule has 3 aromatic carbocycles. The van der Waals surface area contributed by atoms with Crippen molar-refractivity contribution in [2.45, 2.75) is 13.3 Å². The van der Waals surface area contributed by atoms with Gasteiger partial charge in [-0.1, -0.05) is 59.9 Å². The number of rotatable bonds is 4. The predicted molar refractivity (Wildman–Crippen MR) is 107 cm³/mol. The van der Waals surface area contributed by atoms with Gasteiger partial charge < -0.3 is 10.1 Å². The van der Waals surface area contributed by atoms with E-state index in [1.165, 1.54) is 16.7 Å². The van der Waals surface area contributed by atoms with Crippen LogP contribution >= 0.6 is 11.3 Å². The van der Waals surface area contributed by atoms with E-state index in [0.717, 1.165) is 32.5 Å². The summed E-state index contributed by atoms with van der Waals surface area (Å²) in [6.07, 6.45) is 0.316. The van der Waals surface area contributed by atoms with Gasteiger partial charge in [0.2, 0.25) is 5.91 Å². The summed E-state index contributed by atoms with van der Waals surface area (Å²) in [5.74, 6) is 0.646. The quantitative estimate of drug-likeness (QED) is 0.559. The van der Waals surface area contributed by atoms with E-state index in [2.05, 4.69) is 28.5 Å². The fraction of sp³-hybridized carbons (Fsp3) is 0.143. The second-order valence-corrected chi connectivity index (χ2v) is 7.19. The highest BCUT2D eigenvalue weighted by molar-refractivity contribution is 7.22. The molecule has 0 aliphatic carbocycles. The highest BCUT2D eigenvalue weighted by atomic mass is 32.1. The number of methoxy groups -OCH3 is 1. The van der Waals surface area contributed by atoms with Gasteiger partial charge in [-0.25, -0.2) is 4.98 Å². The molecule has 26 heavy (non-hydrogen) atoms. The first kappa shape index (κ1) is 16.5. The van der Waals surface area contributed by atoms with Gasteiger partial charge in [0.25, 0.3) is 0 Å². The van der Waals surface area contributed by atoms with Crippen molar-refractivity contribution < 1.29 is 9.53 Å². The van der Waals surface area contributed by atoms with Gasteiger partial charge in [0.15, 0.2) is 5.13 Å². The van der Waals surface area contributed by atoms with Crippen molar-refractivity contribution in [2.24, 2.45) is 0 Å². The molecule has 0 bridgehead atoms. The van der Waals surface area contributed by atoms with Crippen LogP contribution in [0.4, 0.5) is 5.13 Å². The number of ether oxygens (including phenoxy) is 1. The first-order valence-corrected chi connectivity index (χ1v) is 9.17. The van der Waals surface area contributed by atoms with Gasteiger partial charge in [-0.2, -0.15) is 0 Å². The number of amides is 1. The minimum Gasteiger partial charge on any atom is -0.494 e. The lowest BCUT2D eigenvalue weighted by Gasteiger charge is -2.04. The maximum Gasteiger partial charge on any atom is 0.230 e. The molecule has 0 fully saturated rings. The van der Waals surface area contributed by atoms with E-state index in [4.69, 9.17) is 4.74 Å². The van der Waals surface area contributed by atoms with E-state index in [-0.39, 0.29) is 5.91 Å². The molecule has 0 aliphatic heterocycles. The third kappa shape index (κ3) is 3.13. The van der Waals surface area contributed by atoms with Crippen LogP contribution in [0.15, 0.2) is 54.6 Å². The molecule has 0 unspecified atom stereocenters. The topological polar surface area (TPSA) is 51.2 Å². The maximum atomic E-state index is 12.5. The van der Waals surface area contributed by atoms with Crippen LogP contribution in [0.2, 0.25) is 0 Å². The van der Waals surface area contributed by atoms with E-state index >= 15 is 0 Å². The second-order valence-electron chi connectivity index (χ2n) is 6.19. The standard InChI is InChI=1S/C21H18N2O2S/c1-13-7-10-17(25-2)19-20(13)26-21(23-19)22-18(24)12-14-8-9-15-5-3-4-6-16(15)11-14/h3-11H,12H2,1-2H3,(H,22,23,24). The average Bonchev–Trinajstić information content (AvgIpc) is 3.06. The zero-order valence-electron chi connectivity index (χ0n) is 14.6. The van der Waals surface area contributed by atoms with Gasteiger partial charge in [0.1, 0.15) is 11.3 Å². The van der Waals surface area contributed by atoms with Crippen LogP contribution < -0.4 is 10.1 Å². The summed E-state index contributed by atoms with van der Waals surface area (Å²) in [6, 6.07) is 18.1. The fourth-order valence-corrected chi connectivity index (χ4v) is 3.99. The van der Waals surface area contributed by atoms with Crippen molar-refractivity contribution in [1.82, 2.24) is 4.98 Å². The predicted octanol–water partition coefficient (Wildman–Crippen LogP) is 4.95. The molecule has 1 N–H and O–H groups in total. The minimum absolute atomic E-state index is 0.0732. The Kier molecular flexibility index (Phi) is 4.31. The van der Waals surface area contributed by atoms with Crippen molar-refractivity contribution >= 4 is 43.4 Å². The summed E-state index contributed by atoms with van der Waals surface area (Å²) < 4.78 is 6.40. The summed E-state index contributed by atoms with van der Waals surface area (Å²) in [5, 5.41) is 5.82. The molecule has 4 rings (SSSR count). The third-order valence-corrected chi connectivity index (χ3v) is 5.45.